The van der Waals surface area contributed by atoms with Crippen LogP contribution in [0.25, 0.3) is 0 Å². The van der Waals surface area contributed by atoms with Gasteiger partial charge in [-0.1, -0.05) is 0 Å². The number of hydrogen-bond donors (Lipinski definition) is 2. The van der Waals surface area contributed by atoms with E-state index >= 15 is 0 Å². The van der Waals surface area contributed by atoms with Gasteiger partial charge in [-0.25, -0.2) is 9.36 Å². The van der Waals surface area contributed by atoms with Gasteiger partial charge in [0, 0.05) is 12.3 Å². The molecule has 3 unspecified atom stereocenters. The van der Waals surface area contributed by atoms with Crippen molar-refractivity contribution >= 4 is 7.82 Å². The second-order valence-electron chi connectivity index (χ2n) is 6.66. The van der Waals surface area contributed by atoms with E-state index in [0.29, 0.717) is 0 Å². The van der Waals surface area contributed by atoms with Gasteiger partial charge in [0.1, 0.15) is 24.8 Å². The molecule has 0 spiro atoms. The maximum Gasteiger partial charge on any atom is 0.530 e. The fourth-order valence-corrected chi connectivity index (χ4v) is 3.92. The number of rotatable bonds is 8. The molecular weight excluding hydrogens is 398 g/mol. The minimum absolute atomic E-state index is 0.182. The number of nitrogens with one attached hydrogen (secondary N) is 1. The van der Waals surface area contributed by atoms with Gasteiger partial charge >= 0.3 is 13.5 Å². The van der Waals surface area contributed by atoms with Gasteiger partial charge in [-0.3, -0.25) is 27.8 Å². The van der Waals surface area contributed by atoms with Gasteiger partial charge in [-0.2, -0.15) is 0 Å². The summed E-state index contributed by atoms with van der Waals surface area (Å²) in [5.41, 5.74) is -1.47. The van der Waals surface area contributed by atoms with E-state index in [2.05, 4.69) is 0 Å². The van der Waals surface area contributed by atoms with Crippen LogP contribution >= 0.6 is 7.82 Å². The minimum atomic E-state index is -4.03. The van der Waals surface area contributed by atoms with Crippen molar-refractivity contribution in [3.63, 3.8) is 0 Å². The first kappa shape index (κ1) is 22.4. The fraction of sp³-hybridized carbons (Fsp3) is 0.625. The summed E-state index contributed by atoms with van der Waals surface area (Å²) in [5.74, 6) is -1.37. The summed E-state index contributed by atoms with van der Waals surface area (Å²) in [6.07, 6.45) is -1.76. The lowest BCUT2D eigenvalue weighted by Crippen LogP contribution is -2.36. The lowest BCUT2D eigenvalue weighted by Gasteiger charge is -2.21. The zero-order valence-electron chi connectivity index (χ0n) is 15.9. The highest BCUT2D eigenvalue weighted by Crippen LogP contribution is 2.52. The number of H-pyrrole nitrogens is 1. The normalized spacial score (nSPS) is 24.1. The molecule has 3 atom stereocenters. The highest BCUT2D eigenvalue weighted by atomic mass is 31.2. The molecule has 158 valence electrons. The molecule has 0 saturated carbocycles. The molecule has 0 bridgehead atoms. The number of aliphatic hydroxyl groups is 1. The number of alkyl halides is 1. The molecule has 1 aliphatic rings. The van der Waals surface area contributed by atoms with Crippen molar-refractivity contribution in [2.24, 2.45) is 5.92 Å². The van der Waals surface area contributed by atoms with Crippen LogP contribution in [-0.4, -0.2) is 39.6 Å². The molecule has 28 heavy (non-hydrogen) atoms. The molecule has 1 aromatic rings. The van der Waals surface area contributed by atoms with Gasteiger partial charge in [0.15, 0.2) is 0 Å². The Kier molecular flexibility index (Phi) is 7.22. The maximum absolute atomic E-state index is 13.5. The van der Waals surface area contributed by atoms with Crippen LogP contribution in [0, 0.1) is 5.92 Å². The van der Waals surface area contributed by atoms with Crippen LogP contribution in [0.5, 0.6) is 0 Å². The van der Waals surface area contributed by atoms with Crippen LogP contribution in [0.1, 0.15) is 33.9 Å². The van der Waals surface area contributed by atoms with Crippen LogP contribution in [0.15, 0.2) is 33.9 Å². The Labute approximate surface area is 160 Å². The molecule has 1 aromatic heterocycles. The molecule has 1 saturated heterocycles. The number of ether oxygens (including phenoxy) is 1. The third-order valence-electron chi connectivity index (χ3n) is 3.60. The van der Waals surface area contributed by atoms with Crippen molar-refractivity contribution in [2.75, 3.05) is 6.67 Å². The Balaban J connectivity index is 2.29. The molecule has 1 aliphatic heterocycles. The van der Waals surface area contributed by atoms with Crippen LogP contribution in [0.2, 0.25) is 0 Å². The van der Waals surface area contributed by atoms with E-state index in [0.717, 1.165) is 23.1 Å². The van der Waals surface area contributed by atoms with Gasteiger partial charge in [0.05, 0.1) is 18.1 Å². The molecule has 0 aliphatic carbocycles. The molecule has 2 rings (SSSR count). The topological polar surface area (TPSA) is 129 Å². The van der Waals surface area contributed by atoms with Crippen LogP contribution < -0.4 is 11.2 Å². The van der Waals surface area contributed by atoms with Crippen molar-refractivity contribution in [1.82, 2.24) is 9.55 Å². The summed E-state index contributed by atoms with van der Waals surface area (Å²) >= 11 is 0. The molecule has 12 heteroatoms. The number of aromatic amines is 1. The first-order valence-electron chi connectivity index (χ1n) is 8.63. The van der Waals surface area contributed by atoms with E-state index < -0.39 is 56.2 Å². The summed E-state index contributed by atoms with van der Waals surface area (Å²) in [6.45, 7) is 5.49. The predicted molar refractivity (Wildman–Crippen MR) is 96.1 cm³/mol. The number of phosphoric acid groups is 1. The van der Waals surface area contributed by atoms with E-state index in [9.17, 15) is 23.7 Å². The van der Waals surface area contributed by atoms with Gasteiger partial charge in [0.25, 0.3) is 5.56 Å². The maximum atomic E-state index is 13.5. The smallest absolute Gasteiger partial charge is 0.468 e. The predicted octanol–water partition coefficient (Wildman–Crippen LogP) is 1.83. The Morgan fingerprint density at radius 1 is 1.32 bits per heavy atom. The van der Waals surface area contributed by atoms with E-state index in [1.54, 1.807) is 27.7 Å². The minimum Gasteiger partial charge on any atom is -0.468 e. The molecule has 2 heterocycles. The second-order valence-corrected chi connectivity index (χ2v) is 8.19. The van der Waals surface area contributed by atoms with Crippen LogP contribution in [-0.2, 0) is 22.9 Å². The van der Waals surface area contributed by atoms with Gasteiger partial charge in [0.2, 0.25) is 6.23 Å². The van der Waals surface area contributed by atoms with Crippen molar-refractivity contribution in [3.05, 3.63) is 45.1 Å². The lowest BCUT2D eigenvalue weighted by molar-refractivity contribution is -0.00441. The lowest BCUT2D eigenvalue weighted by atomic mass is 10.0. The number of phosphoric ester groups is 1. The second kappa shape index (κ2) is 9.04. The average molecular weight is 422 g/mol. The Morgan fingerprint density at radius 3 is 2.43 bits per heavy atom. The summed E-state index contributed by atoms with van der Waals surface area (Å²) in [4.78, 5) is 25.1. The number of nitrogens with zero attached hydrogens (tertiary/aromatic N) is 1. The molecule has 0 radical (unpaired) electrons. The third kappa shape index (κ3) is 5.32. The largest absolute Gasteiger partial charge is 0.530 e. The number of aliphatic hydroxyl groups excluding tert-OH is 1. The Morgan fingerprint density at radius 2 is 1.93 bits per heavy atom. The van der Waals surface area contributed by atoms with Gasteiger partial charge < -0.3 is 14.4 Å². The molecule has 2 N–H and O–H groups in total. The Hall–Kier alpha value is -1.94. The first-order chi connectivity index (χ1) is 13.1. The molecule has 0 aromatic carbocycles. The summed E-state index contributed by atoms with van der Waals surface area (Å²) < 4.78 is 48.1. The van der Waals surface area contributed by atoms with Crippen molar-refractivity contribution in [2.45, 2.75) is 52.2 Å². The van der Waals surface area contributed by atoms with Gasteiger partial charge in [-0.05, 0) is 27.7 Å². The van der Waals surface area contributed by atoms with Crippen molar-refractivity contribution in [3.8, 4) is 0 Å². The highest BCUT2D eigenvalue weighted by Gasteiger charge is 2.43. The Bertz CT molecular complexity index is 851. The monoisotopic (exact) mass is 422 g/mol. The van der Waals surface area contributed by atoms with Crippen molar-refractivity contribution in [1.29, 1.82) is 0 Å². The number of halogens is 1. The quantitative estimate of drug-likeness (QED) is 0.480. The number of aromatic nitrogens is 2. The molecule has 1 fully saturated rings. The van der Waals surface area contributed by atoms with Crippen LogP contribution in [0.3, 0.4) is 0 Å². The standard InChI is InChI=1S/C16H24FN2O8P/c1-9(2)26-28(23,27-10(3)4)24-8-12-11(7-17)14(21)15(25-12)19-6-5-13(20)18-16(19)22/h5-6,8-11,14-15,21H,7H2,1-4H3,(H,18,20,22). The van der Waals surface area contributed by atoms with Gasteiger partial charge in [-0.15, -0.1) is 0 Å². The first-order valence-corrected chi connectivity index (χ1v) is 10.1. The van der Waals surface area contributed by atoms with E-state index in [4.69, 9.17) is 18.3 Å². The summed E-state index contributed by atoms with van der Waals surface area (Å²) in [5, 5.41) is 10.3. The zero-order valence-corrected chi connectivity index (χ0v) is 16.8. The van der Waals surface area contributed by atoms with E-state index in [1.165, 1.54) is 0 Å². The summed E-state index contributed by atoms with van der Waals surface area (Å²) in [6, 6.07) is 1.06. The third-order valence-corrected chi connectivity index (χ3v) is 5.32. The van der Waals surface area contributed by atoms with Crippen LogP contribution in [0.4, 0.5) is 4.39 Å². The van der Waals surface area contributed by atoms with Crippen molar-refractivity contribution < 1.29 is 32.4 Å². The zero-order chi connectivity index (χ0) is 21.1. The average Bonchev–Trinajstić information content (AvgIpc) is 2.87. The molecule has 0 amide bonds. The molecule has 10 nitrogen and oxygen atoms in total. The fourth-order valence-electron chi connectivity index (χ4n) is 2.50. The number of hydrogen-bond acceptors (Lipinski definition) is 8. The highest BCUT2D eigenvalue weighted by molar-refractivity contribution is 7.48. The SMILES string of the molecule is CC(C)OP(=O)(OC=C1OC(n2ccc(=O)[nH]c2=O)C(O)C1CF)OC(C)C. The van der Waals surface area contributed by atoms with E-state index in [-0.39, 0.29) is 5.76 Å². The molecular formula is C16H24FN2O8P. The van der Waals surface area contributed by atoms with E-state index in [1.807, 2.05) is 4.98 Å². The summed E-state index contributed by atoms with van der Waals surface area (Å²) in [7, 11) is -4.03.